The molecule has 0 saturated carbocycles. The lowest BCUT2D eigenvalue weighted by atomic mass is 9.94. The molecule has 1 heterocycles. The van der Waals surface area contributed by atoms with Crippen LogP contribution in [0.5, 0.6) is 0 Å². The maximum atomic E-state index is 9.10. The van der Waals surface area contributed by atoms with Gasteiger partial charge in [-0.1, -0.05) is 84.1 Å². The number of benzene rings is 3. The lowest BCUT2D eigenvalue weighted by Crippen LogP contribution is -1.86. The number of hydrogen-bond acceptors (Lipinski definition) is 3. The molecule has 0 saturated heterocycles. The molecule has 0 radical (unpaired) electrons. The van der Waals surface area contributed by atoms with Gasteiger partial charge < -0.3 is 0 Å². The standard InChI is InChI=1S/C21H14N4/c22-14-20-21(24-25-23-20)17-12-10-16(11-13-17)19-9-5-4-8-18(19)15-6-2-1-3-7-15/h1-13H,(H,23,24,25). The molecule has 4 aromatic rings. The van der Waals surface area contributed by atoms with Gasteiger partial charge in [0.1, 0.15) is 11.8 Å². The monoisotopic (exact) mass is 322 g/mol. The van der Waals surface area contributed by atoms with E-state index in [-0.39, 0.29) is 0 Å². The Bertz CT molecular complexity index is 1040. The van der Waals surface area contributed by atoms with E-state index in [4.69, 9.17) is 5.26 Å². The highest BCUT2D eigenvalue weighted by Gasteiger charge is 2.11. The van der Waals surface area contributed by atoms with Crippen molar-refractivity contribution < 1.29 is 0 Å². The average molecular weight is 322 g/mol. The van der Waals surface area contributed by atoms with Gasteiger partial charge in [-0.05, 0) is 22.3 Å². The van der Waals surface area contributed by atoms with E-state index in [0.717, 1.165) is 11.1 Å². The van der Waals surface area contributed by atoms with Crippen LogP contribution in [0.25, 0.3) is 33.5 Å². The highest BCUT2D eigenvalue weighted by molar-refractivity contribution is 5.84. The summed E-state index contributed by atoms with van der Waals surface area (Å²) in [5, 5.41) is 19.4. The van der Waals surface area contributed by atoms with Gasteiger partial charge in [0, 0.05) is 5.56 Å². The molecule has 0 unspecified atom stereocenters. The molecule has 0 aliphatic carbocycles. The Labute approximate surface area is 145 Å². The number of nitrogens with zero attached hydrogens (tertiary/aromatic N) is 3. The fourth-order valence-corrected chi connectivity index (χ4v) is 2.92. The molecule has 25 heavy (non-hydrogen) atoms. The van der Waals surface area contributed by atoms with Crippen molar-refractivity contribution in [2.75, 3.05) is 0 Å². The van der Waals surface area contributed by atoms with E-state index in [1.807, 2.05) is 48.5 Å². The predicted molar refractivity (Wildman–Crippen MR) is 97.4 cm³/mol. The zero-order chi connectivity index (χ0) is 17.1. The number of aromatic nitrogens is 3. The average Bonchev–Trinajstić information content (AvgIpc) is 3.18. The lowest BCUT2D eigenvalue weighted by molar-refractivity contribution is 0.937. The molecule has 0 amide bonds. The van der Waals surface area contributed by atoms with Gasteiger partial charge in [-0.15, -0.1) is 5.10 Å². The molecular formula is C21H14N4. The Morgan fingerprint density at radius 1 is 0.680 bits per heavy atom. The van der Waals surface area contributed by atoms with E-state index in [9.17, 15) is 0 Å². The second kappa shape index (κ2) is 6.42. The fourth-order valence-electron chi connectivity index (χ4n) is 2.92. The third-order valence-corrected chi connectivity index (χ3v) is 4.14. The van der Waals surface area contributed by atoms with Gasteiger partial charge in [0.25, 0.3) is 0 Å². The van der Waals surface area contributed by atoms with E-state index in [2.05, 4.69) is 51.8 Å². The van der Waals surface area contributed by atoms with Crippen LogP contribution in [0.15, 0.2) is 78.9 Å². The summed E-state index contributed by atoms with van der Waals surface area (Å²) in [4.78, 5) is 0. The smallest absolute Gasteiger partial charge is 0.163 e. The first-order valence-electron chi connectivity index (χ1n) is 7.93. The Kier molecular flexibility index (Phi) is 3.82. The highest BCUT2D eigenvalue weighted by Crippen LogP contribution is 2.33. The van der Waals surface area contributed by atoms with Crippen molar-refractivity contribution in [3.8, 4) is 39.6 Å². The summed E-state index contributed by atoms with van der Waals surface area (Å²) in [5.74, 6) is 0. The number of rotatable bonds is 3. The van der Waals surface area contributed by atoms with Gasteiger partial charge in [0.2, 0.25) is 0 Å². The van der Waals surface area contributed by atoms with Gasteiger partial charge in [0.15, 0.2) is 5.69 Å². The van der Waals surface area contributed by atoms with Gasteiger partial charge in [0.05, 0.1) is 0 Å². The molecular weight excluding hydrogens is 308 g/mol. The lowest BCUT2D eigenvalue weighted by Gasteiger charge is -2.10. The summed E-state index contributed by atoms with van der Waals surface area (Å²) >= 11 is 0. The van der Waals surface area contributed by atoms with Crippen molar-refractivity contribution in [2.24, 2.45) is 0 Å². The normalized spacial score (nSPS) is 10.4. The van der Waals surface area contributed by atoms with Gasteiger partial charge in [-0.3, -0.25) is 0 Å². The molecule has 118 valence electrons. The van der Waals surface area contributed by atoms with Crippen LogP contribution in [0.3, 0.4) is 0 Å². The first kappa shape index (κ1) is 14.9. The van der Waals surface area contributed by atoms with Gasteiger partial charge in [-0.25, -0.2) is 5.10 Å². The summed E-state index contributed by atoms with van der Waals surface area (Å²) in [6, 6.07) is 28.8. The summed E-state index contributed by atoms with van der Waals surface area (Å²) in [6.45, 7) is 0. The molecule has 1 N–H and O–H groups in total. The number of nitrogens with one attached hydrogen (secondary N) is 1. The minimum Gasteiger partial charge on any atom is -0.247 e. The van der Waals surface area contributed by atoms with E-state index >= 15 is 0 Å². The van der Waals surface area contributed by atoms with E-state index < -0.39 is 0 Å². The Morgan fingerprint density at radius 2 is 1.24 bits per heavy atom. The van der Waals surface area contributed by atoms with Crippen molar-refractivity contribution in [2.45, 2.75) is 0 Å². The molecule has 0 spiro atoms. The maximum absolute atomic E-state index is 9.10. The second-order valence-corrected chi connectivity index (χ2v) is 5.64. The molecule has 3 aromatic carbocycles. The topological polar surface area (TPSA) is 65.4 Å². The van der Waals surface area contributed by atoms with E-state index in [1.165, 1.54) is 16.7 Å². The quantitative estimate of drug-likeness (QED) is 0.595. The van der Waals surface area contributed by atoms with Crippen LogP contribution in [0.4, 0.5) is 0 Å². The third-order valence-electron chi connectivity index (χ3n) is 4.14. The van der Waals surface area contributed by atoms with Crippen LogP contribution in [-0.4, -0.2) is 15.4 Å². The predicted octanol–water partition coefficient (Wildman–Crippen LogP) is 4.68. The number of hydrogen-bond donors (Lipinski definition) is 1. The SMILES string of the molecule is N#Cc1[nH]nnc1-c1ccc(-c2ccccc2-c2ccccc2)cc1. The molecule has 0 aliphatic rings. The van der Waals surface area contributed by atoms with Gasteiger partial charge in [-0.2, -0.15) is 5.26 Å². The second-order valence-electron chi connectivity index (χ2n) is 5.64. The molecule has 0 bridgehead atoms. The fraction of sp³-hybridized carbons (Fsp3) is 0. The number of aromatic amines is 1. The minimum absolute atomic E-state index is 0.373. The zero-order valence-electron chi connectivity index (χ0n) is 13.3. The minimum atomic E-state index is 0.373. The molecule has 4 heteroatoms. The van der Waals surface area contributed by atoms with Crippen LogP contribution in [0.1, 0.15) is 5.69 Å². The number of H-pyrrole nitrogens is 1. The molecule has 0 fully saturated rings. The van der Waals surface area contributed by atoms with Crippen LogP contribution < -0.4 is 0 Å². The Hall–Kier alpha value is -3.71. The van der Waals surface area contributed by atoms with Crippen LogP contribution in [0.2, 0.25) is 0 Å². The summed E-state index contributed by atoms with van der Waals surface area (Å²) < 4.78 is 0. The molecule has 0 aliphatic heterocycles. The summed E-state index contributed by atoms with van der Waals surface area (Å²) in [7, 11) is 0. The van der Waals surface area contributed by atoms with Crippen LogP contribution >= 0.6 is 0 Å². The first-order chi connectivity index (χ1) is 12.4. The van der Waals surface area contributed by atoms with Crippen molar-refractivity contribution in [3.05, 3.63) is 84.6 Å². The van der Waals surface area contributed by atoms with Gasteiger partial charge >= 0.3 is 0 Å². The maximum Gasteiger partial charge on any atom is 0.163 e. The molecule has 0 atom stereocenters. The zero-order valence-corrected chi connectivity index (χ0v) is 13.3. The highest BCUT2D eigenvalue weighted by atomic mass is 15.3. The van der Waals surface area contributed by atoms with Crippen molar-refractivity contribution in [1.29, 1.82) is 5.26 Å². The Balaban J connectivity index is 1.76. The summed E-state index contributed by atoms with van der Waals surface area (Å²) in [5.41, 5.74) is 6.47. The molecule has 1 aromatic heterocycles. The molecule has 4 nitrogen and oxygen atoms in total. The summed E-state index contributed by atoms with van der Waals surface area (Å²) in [6.07, 6.45) is 0. The van der Waals surface area contributed by atoms with E-state index in [1.54, 1.807) is 0 Å². The Morgan fingerprint density at radius 3 is 1.88 bits per heavy atom. The van der Waals surface area contributed by atoms with Crippen molar-refractivity contribution in [3.63, 3.8) is 0 Å². The van der Waals surface area contributed by atoms with Crippen molar-refractivity contribution >= 4 is 0 Å². The van der Waals surface area contributed by atoms with Crippen LogP contribution in [-0.2, 0) is 0 Å². The third kappa shape index (κ3) is 2.79. The van der Waals surface area contributed by atoms with E-state index in [0.29, 0.717) is 11.4 Å². The first-order valence-corrected chi connectivity index (χ1v) is 7.93. The van der Waals surface area contributed by atoms with Crippen LogP contribution in [0, 0.1) is 11.3 Å². The molecule has 4 rings (SSSR count). The number of nitriles is 1. The largest absolute Gasteiger partial charge is 0.247 e. The van der Waals surface area contributed by atoms with Crippen molar-refractivity contribution in [1.82, 2.24) is 15.4 Å².